The van der Waals surface area contributed by atoms with Crippen LogP contribution in [-0.4, -0.2) is 51.1 Å². The van der Waals surface area contributed by atoms with Gasteiger partial charge in [-0.1, -0.05) is 0 Å². The average molecular weight is 244 g/mol. The molecule has 17 heavy (non-hydrogen) atoms. The summed E-state index contributed by atoms with van der Waals surface area (Å²) >= 11 is 0. The number of rotatable bonds is 3. The normalized spacial score (nSPS) is 32.9. The highest BCUT2D eigenvalue weighted by Gasteiger charge is 2.45. The summed E-state index contributed by atoms with van der Waals surface area (Å²) in [5.74, 6) is -0.840. The Hall–Kier alpha value is -1.48. The highest BCUT2D eigenvalue weighted by atomic mass is 16.6. The van der Waals surface area contributed by atoms with Crippen molar-refractivity contribution in [3.63, 3.8) is 0 Å². The second-order valence-electron chi connectivity index (χ2n) is 3.69. The molecule has 1 amide bonds. The first kappa shape index (κ1) is 12.0. The van der Waals surface area contributed by atoms with Crippen molar-refractivity contribution >= 4 is 5.91 Å². The first-order chi connectivity index (χ1) is 8.04. The second kappa shape index (κ2) is 4.41. The molecule has 0 bridgehead atoms. The number of aliphatic hydroxyl groups excluding tert-OH is 3. The lowest BCUT2D eigenvalue weighted by molar-refractivity contribution is -0.0308. The summed E-state index contributed by atoms with van der Waals surface area (Å²) < 4.78 is 10.1. The quantitative estimate of drug-likeness (QED) is 0.478. The van der Waals surface area contributed by atoms with E-state index in [0.717, 1.165) is 6.26 Å². The molecule has 0 radical (unpaired) electrons. The van der Waals surface area contributed by atoms with Crippen molar-refractivity contribution in [2.45, 2.75) is 24.4 Å². The summed E-state index contributed by atoms with van der Waals surface area (Å²) in [4.78, 5) is 14.5. The maximum absolute atomic E-state index is 10.8. The minimum atomic E-state index is -1.29. The largest absolute Gasteiger partial charge is 0.445 e. The van der Waals surface area contributed by atoms with Gasteiger partial charge in [-0.25, -0.2) is 4.98 Å². The molecule has 0 saturated carbocycles. The standard InChI is InChI=1S/C9H12N2O6/c10-8(15)3-2-16-9(11-3)7-6(14)5(13)4(1-12)17-7/h2,4-7,12-14H,1H2,(H2,10,15)/t4-,5-,6-,7?/m1/s1. The number of primary amides is 1. The molecule has 2 rings (SSSR count). The molecule has 1 saturated heterocycles. The van der Waals surface area contributed by atoms with E-state index in [1.54, 1.807) is 0 Å². The number of carbonyl (C=O) groups is 1. The summed E-state index contributed by atoms with van der Waals surface area (Å²) in [6, 6.07) is 0. The first-order valence-corrected chi connectivity index (χ1v) is 4.92. The molecule has 0 spiro atoms. The van der Waals surface area contributed by atoms with Crippen molar-refractivity contribution in [1.29, 1.82) is 0 Å². The third kappa shape index (κ3) is 2.03. The Labute approximate surface area is 95.6 Å². The average Bonchev–Trinajstić information content (AvgIpc) is 2.87. The molecule has 1 aliphatic rings. The molecule has 8 heteroatoms. The van der Waals surface area contributed by atoms with E-state index in [9.17, 15) is 15.0 Å². The van der Waals surface area contributed by atoms with Crippen LogP contribution in [0.2, 0.25) is 0 Å². The van der Waals surface area contributed by atoms with E-state index in [-0.39, 0.29) is 11.6 Å². The number of nitrogens with two attached hydrogens (primary N) is 1. The minimum Gasteiger partial charge on any atom is -0.445 e. The molecule has 0 aliphatic carbocycles. The number of aromatic nitrogens is 1. The number of hydrogen-bond acceptors (Lipinski definition) is 7. The Kier molecular flexibility index (Phi) is 3.11. The molecule has 0 aromatic carbocycles. The monoisotopic (exact) mass is 244 g/mol. The molecule has 1 aromatic rings. The van der Waals surface area contributed by atoms with E-state index < -0.39 is 36.9 Å². The van der Waals surface area contributed by atoms with Gasteiger partial charge in [-0.15, -0.1) is 0 Å². The maximum atomic E-state index is 10.8. The van der Waals surface area contributed by atoms with Crippen LogP contribution in [0.4, 0.5) is 0 Å². The molecule has 4 atom stereocenters. The smallest absolute Gasteiger partial charge is 0.270 e. The summed E-state index contributed by atoms with van der Waals surface area (Å²) in [6.07, 6.45) is -3.44. The SMILES string of the molecule is NC(=O)c1coc(C2O[C@H](CO)[C@@H](O)[C@H]2O)n1. The molecule has 1 unspecified atom stereocenters. The third-order valence-corrected chi connectivity index (χ3v) is 2.56. The van der Waals surface area contributed by atoms with E-state index in [2.05, 4.69) is 4.98 Å². The van der Waals surface area contributed by atoms with Crippen LogP contribution >= 0.6 is 0 Å². The van der Waals surface area contributed by atoms with Gasteiger partial charge in [0.25, 0.3) is 5.91 Å². The second-order valence-corrected chi connectivity index (χ2v) is 3.69. The number of hydrogen-bond donors (Lipinski definition) is 4. The first-order valence-electron chi connectivity index (χ1n) is 4.92. The molecular formula is C9H12N2O6. The zero-order valence-electron chi connectivity index (χ0n) is 8.68. The Bertz CT molecular complexity index is 419. The van der Waals surface area contributed by atoms with Crippen LogP contribution in [0, 0.1) is 0 Å². The highest BCUT2D eigenvalue weighted by Crippen LogP contribution is 2.32. The van der Waals surface area contributed by atoms with Gasteiger partial charge in [-0.2, -0.15) is 0 Å². The van der Waals surface area contributed by atoms with Gasteiger partial charge in [-0.3, -0.25) is 4.79 Å². The fourth-order valence-electron chi connectivity index (χ4n) is 1.64. The van der Waals surface area contributed by atoms with Gasteiger partial charge >= 0.3 is 0 Å². The van der Waals surface area contributed by atoms with Gasteiger partial charge < -0.3 is 30.2 Å². The number of oxazole rings is 1. The number of carbonyl (C=O) groups excluding carboxylic acids is 1. The molecule has 2 heterocycles. The maximum Gasteiger partial charge on any atom is 0.270 e. The van der Waals surface area contributed by atoms with Crippen LogP contribution < -0.4 is 5.73 Å². The molecule has 5 N–H and O–H groups in total. The summed E-state index contributed by atoms with van der Waals surface area (Å²) in [5, 5.41) is 28.1. The van der Waals surface area contributed by atoms with Gasteiger partial charge in [0, 0.05) is 0 Å². The molecule has 1 aliphatic heterocycles. The van der Waals surface area contributed by atoms with Crippen molar-refractivity contribution in [3.8, 4) is 0 Å². The van der Waals surface area contributed by atoms with Gasteiger partial charge in [0.2, 0.25) is 5.89 Å². The van der Waals surface area contributed by atoms with Crippen molar-refractivity contribution < 1.29 is 29.3 Å². The van der Waals surface area contributed by atoms with Crippen LogP contribution in [0.1, 0.15) is 22.5 Å². The summed E-state index contributed by atoms with van der Waals surface area (Å²) in [5.41, 5.74) is 4.89. The molecule has 1 aromatic heterocycles. The molecule has 94 valence electrons. The van der Waals surface area contributed by atoms with E-state index in [0.29, 0.717) is 0 Å². The molecular weight excluding hydrogens is 232 g/mol. The number of amides is 1. The van der Waals surface area contributed by atoms with Crippen LogP contribution in [0.5, 0.6) is 0 Å². The Morgan fingerprint density at radius 1 is 1.47 bits per heavy atom. The Morgan fingerprint density at radius 3 is 2.65 bits per heavy atom. The van der Waals surface area contributed by atoms with Crippen molar-refractivity contribution in [2.75, 3.05) is 6.61 Å². The van der Waals surface area contributed by atoms with E-state index >= 15 is 0 Å². The molecule has 1 fully saturated rings. The lowest BCUT2D eigenvalue weighted by Crippen LogP contribution is -2.32. The number of ether oxygens (including phenoxy) is 1. The zero-order valence-corrected chi connectivity index (χ0v) is 8.68. The van der Waals surface area contributed by atoms with Crippen molar-refractivity contribution in [3.05, 3.63) is 17.8 Å². The van der Waals surface area contributed by atoms with Crippen LogP contribution in [0.3, 0.4) is 0 Å². The van der Waals surface area contributed by atoms with Gasteiger partial charge in [0.15, 0.2) is 11.8 Å². The van der Waals surface area contributed by atoms with E-state index in [4.69, 9.17) is 20.0 Å². The number of aliphatic hydroxyl groups is 3. The topological polar surface area (TPSA) is 139 Å². The van der Waals surface area contributed by atoms with Crippen molar-refractivity contribution in [1.82, 2.24) is 4.98 Å². The zero-order chi connectivity index (χ0) is 12.6. The van der Waals surface area contributed by atoms with Crippen LogP contribution in [0.25, 0.3) is 0 Å². The van der Waals surface area contributed by atoms with Crippen LogP contribution in [-0.2, 0) is 4.74 Å². The lowest BCUT2D eigenvalue weighted by Gasteiger charge is -2.10. The van der Waals surface area contributed by atoms with Gasteiger partial charge in [-0.05, 0) is 0 Å². The van der Waals surface area contributed by atoms with Gasteiger partial charge in [0.05, 0.1) is 6.61 Å². The van der Waals surface area contributed by atoms with Crippen LogP contribution in [0.15, 0.2) is 10.7 Å². The Balaban J connectivity index is 2.19. The van der Waals surface area contributed by atoms with Gasteiger partial charge in [0.1, 0.15) is 24.6 Å². The fraction of sp³-hybridized carbons (Fsp3) is 0.556. The summed E-state index contributed by atoms with van der Waals surface area (Å²) in [6.45, 7) is -0.446. The summed E-state index contributed by atoms with van der Waals surface area (Å²) in [7, 11) is 0. The molecule has 8 nitrogen and oxygen atoms in total. The fourth-order valence-corrected chi connectivity index (χ4v) is 1.64. The highest BCUT2D eigenvalue weighted by molar-refractivity contribution is 5.90. The minimum absolute atomic E-state index is 0.0682. The lowest BCUT2D eigenvalue weighted by atomic mass is 10.1. The predicted octanol–water partition coefficient (Wildman–Crippen LogP) is -2.07. The Morgan fingerprint density at radius 2 is 2.18 bits per heavy atom. The predicted molar refractivity (Wildman–Crippen MR) is 51.7 cm³/mol. The third-order valence-electron chi connectivity index (χ3n) is 2.56. The van der Waals surface area contributed by atoms with Crippen molar-refractivity contribution in [2.24, 2.45) is 5.73 Å². The van der Waals surface area contributed by atoms with E-state index in [1.165, 1.54) is 0 Å². The van der Waals surface area contributed by atoms with E-state index in [1.807, 2.05) is 0 Å². The number of nitrogens with zero attached hydrogens (tertiary/aromatic N) is 1.